The number of nitrogens with zero attached hydrogens (tertiary/aromatic N) is 2. The summed E-state index contributed by atoms with van der Waals surface area (Å²) in [6.07, 6.45) is 0.812. The lowest BCUT2D eigenvalue weighted by atomic mass is 10.1. The summed E-state index contributed by atoms with van der Waals surface area (Å²) in [6.45, 7) is 6.19. The molecule has 0 aliphatic heterocycles. The van der Waals surface area contributed by atoms with Crippen LogP contribution in [0.2, 0.25) is 5.15 Å². The molecule has 2 nitrogen and oxygen atoms in total. The lowest BCUT2D eigenvalue weighted by molar-refractivity contribution is 0.779. The first-order chi connectivity index (χ1) is 6.06. The van der Waals surface area contributed by atoms with E-state index in [4.69, 9.17) is 11.6 Å². The quantitative estimate of drug-likeness (QED) is 0.762. The predicted molar refractivity (Wildman–Crippen MR) is 58.2 cm³/mol. The van der Waals surface area contributed by atoms with Gasteiger partial charge < -0.3 is 0 Å². The van der Waals surface area contributed by atoms with Crippen molar-refractivity contribution in [2.45, 2.75) is 33.1 Å². The number of rotatable bonds is 2. The second-order valence-electron chi connectivity index (χ2n) is 3.14. The van der Waals surface area contributed by atoms with Crippen LogP contribution in [-0.4, -0.2) is 9.97 Å². The average Bonchev–Trinajstić information content (AvgIpc) is 2.09. The Hall–Kier alpha value is -0.150. The molecule has 0 aromatic carbocycles. The van der Waals surface area contributed by atoms with E-state index in [1.165, 1.54) is 0 Å². The molecule has 1 heterocycles. The average molecular weight is 264 g/mol. The second-order valence-corrected chi connectivity index (χ2v) is 4.29. The molecule has 1 aromatic heterocycles. The molecule has 0 saturated carbocycles. The van der Waals surface area contributed by atoms with Gasteiger partial charge in [-0.25, -0.2) is 9.97 Å². The van der Waals surface area contributed by atoms with E-state index in [9.17, 15) is 0 Å². The monoisotopic (exact) mass is 262 g/mol. The maximum Gasteiger partial charge on any atom is 0.147 e. The van der Waals surface area contributed by atoms with Crippen molar-refractivity contribution >= 4 is 27.5 Å². The highest BCUT2D eigenvalue weighted by molar-refractivity contribution is 9.10. The van der Waals surface area contributed by atoms with Gasteiger partial charge in [0.05, 0.1) is 10.2 Å². The summed E-state index contributed by atoms with van der Waals surface area (Å²) >= 11 is 9.33. The van der Waals surface area contributed by atoms with Crippen LogP contribution >= 0.6 is 27.5 Å². The summed E-state index contributed by atoms with van der Waals surface area (Å²) in [5.41, 5.74) is 0.983. The van der Waals surface area contributed by atoms with Gasteiger partial charge in [-0.05, 0) is 21.8 Å². The molecule has 0 saturated heterocycles. The maximum absolute atomic E-state index is 5.94. The van der Waals surface area contributed by atoms with Crippen LogP contribution in [-0.2, 0) is 6.42 Å². The normalized spacial score (nSPS) is 10.9. The summed E-state index contributed by atoms with van der Waals surface area (Å²) in [5.74, 6) is 1.16. The van der Waals surface area contributed by atoms with Crippen molar-refractivity contribution in [1.82, 2.24) is 9.97 Å². The van der Waals surface area contributed by atoms with Gasteiger partial charge in [-0.2, -0.15) is 0 Å². The summed E-state index contributed by atoms with van der Waals surface area (Å²) in [7, 11) is 0. The zero-order chi connectivity index (χ0) is 10.0. The molecular formula is C9H12BrClN2. The van der Waals surface area contributed by atoms with E-state index in [-0.39, 0.29) is 0 Å². The first-order valence-corrected chi connectivity index (χ1v) is 5.45. The molecule has 0 fully saturated rings. The van der Waals surface area contributed by atoms with E-state index in [0.717, 1.165) is 22.4 Å². The standard InChI is InChI=1S/C9H12BrClN2/c1-4-6-12-8(5(2)3)7(10)9(11)13-6/h5H,4H2,1-3H3. The highest BCUT2D eigenvalue weighted by Crippen LogP contribution is 2.28. The van der Waals surface area contributed by atoms with Crippen LogP contribution in [0, 0.1) is 0 Å². The van der Waals surface area contributed by atoms with Crippen molar-refractivity contribution in [3.8, 4) is 0 Å². The molecule has 1 rings (SSSR count). The van der Waals surface area contributed by atoms with Gasteiger partial charge in [-0.1, -0.05) is 32.4 Å². The van der Waals surface area contributed by atoms with Crippen molar-refractivity contribution in [2.75, 3.05) is 0 Å². The first kappa shape index (κ1) is 10.9. The van der Waals surface area contributed by atoms with Crippen molar-refractivity contribution in [3.05, 3.63) is 21.1 Å². The maximum atomic E-state index is 5.94. The molecule has 0 N–H and O–H groups in total. The van der Waals surface area contributed by atoms with E-state index in [2.05, 4.69) is 39.7 Å². The van der Waals surface area contributed by atoms with Gasteiger partial charge in [0, 0.05) is 6.42 Å². The number of hydrogen-bond donors (Lipinski definition) is 0. The zero-order valence-corrected chi connectivity index (χ0v) is 10.3. The van der Waals surface area contributed by atoms with E-state index in [0.29, 0.717) is 11.1 Å². The minimum Gasteiger partial charge on any atom is -0.236 e. The Morgan fingerprint density at radius 1 is 1.38 bits per heavy atom. The summed E-state index contributed by atoms with van der Waals surface area (Å²) in [6, 6.07) is 0. The Morgan fingerprint density at radius 3 is 2.46 bits per heavy atom. The second kappa shape index (κ2) is 4.38. The van der Waals surface area contributed by atoms with Crippen molar-refractivity contribution < 1.29 is 0 Å². The van der Waals surface area contributed by atoms with E-state index in [1.807, 2.05) is 6.92 Å². The fourth-order valence-corrected chi connectivity index (χ4v) is 1.85. The third-order valence-electron chi connectivity index (χ3n) is 1.75. The number of halogens is 2. The topological polar surface area (TPSA) is 25.8 Å². The summed E-state index contributed by atoms with van der Waals surface area (Å²) in [4.78, 5) is 8.55. The van der Waals surface area contributed by atoms with Gasteiger partial charge in [-0.15, -0.1) is 0 Å². The van der Waals surface area contributed by atoms with Gasteiger partial charge in [0.2, 0.25) is 0 Å². The summed E-state index contributed by atoms with van der Waals surface area (Å²) in [5, 5.41) is 0.510. The Kier molecular flexibility index (Phi) is 3.68. The SMILES string of the molecule is CCc1nc(Cl)c(Br)c(C(C)C)n1. The van der Waals surface area contributed by atoms with Crippen molar-refractivity contribution in [1.29, 1.82) is 0 Å². The van der Waals surface area contributed by atoms with Crippen LogP contribution in [0.25, 0.3) is 0 Å². The molecule has 72 valence electrons. The number of aryl methyl sites for hydroxylation is 1. The lowest BCUT2D eigenvalue weighted by Gasteiger charge is -2.09. The Morgan fingerprint density at radius 2 is 2.00 bits per heavy atom. The Balaban J connectivity index is 3.25. The smallest absolute Gasteiger partial charge is 0.147 e. The van der Waals surface area contributed by atoms with E-state index >= 15 is 0 Å². The number of hydrogen-bond acceptors (Lipinski definition) is 2. The molecule has 13 heavy (non-hydrogen) atoms. The molecule has 4 heteroatoms. The van der Waals surface area contributed by atoms with Gasteiger partial charge in [-0.3, -0.25) is 0 Å². The van der Waals surface area contributed by atoms with E-state index in [1.54, 1.807) is 0 Å². The van der Waals surface area contributed by atoms with Crippen LogP contribution < -0.4 is 0 Å². The predicted octanol–water partition coefficient (Wildman–Crippen LogP) is 3.58. The minimum absolute atomic E-state index is 0.361. The van der Waals surface area contributed by atoms with Crippen molar-refractivity contribution in [3.63, 3.8) is 0 Å². The molecule has 0 unspecified atom stereocenters. The largest absolute Gasteiger partial charge is 0.236 e. The Labute approximate surface area is 91.9 Å². The summed E-state index contributed by atoms with van der Waals surface area (Å²) < 4.78 is 0.821. The van der Waals surface area contributed by atoms with Gasteiger partial charge >= 0.3 is 0 Å². The lowest BCUT2D eigenvalue weighted by Crippen LogP contribution is -2.02. The molecule has 0 radical (unpaired) electrons. The third-order valence-corrected chi connectivity index (χ3v) is 3.03. The van der Waals surface area contributed by atoms with Crippen molar-refractivity contribution in [2.24, 2.45) is 0 Å². The van der Waals surface area contributed by atoms with E-state index < -0.39 is 0 Å². The van der Waals surface area contributed by atoms with Gasteiger partial charge in [0.25, 0.3) is 0 Å². The van der Waals surface area contributed by atoms with Crippen LogP contribution in [0.4, 0.5) is 0 Å². The molecule has 0 spiro atoms. The van der Waals surface area contributed by atoms with Crippen LogP contribution in [0.5, 0.6) is 0 Å². The van der Waals surface area contributed by atoms with Crippen LogP contribution in [0.1, 0.15) is 38.2 Å². The first-order valence-electron chi connectivity index (χ1n) is 4.28. The third kappa shape index (κ3) is 2.41. The number of aromatic nitrogens is 2. The molecule has 1 aromatic rings. The van der Waals surface area contributed by atoms with Crippen LogP contribution in [0.15, 0.2) is 4.47 Å². The fourth-order valence-electron chi connectivity index (χ4n) is 1.02. The van der Waals surface area contributed by atoms with Crippen LogP contribution in [0.3, 0.4) is 0 Å². The molecule has 0 bridgehead atoms. The highest BCUT2D eigenvalue weighted by Gasteiger charge is 2.12. The fraction of sp³-hybridized carbons (Fsp3) is 0.556. The van der Waals surface area contributed by atoms with Gasteiger partial charge in [0.1, 0.15) is 11.0 Å². The zero-order valence-electron chi connectivity index (χ0n) is 7.93. The Bertz CT molecular complexity index is 313. The molecule has 0 amide bonds. The molecular weight excluding hydrogens is 251 g/mol. The molecule has 0 aliphatic rings. The highest BCUT2D eigenvalue weighted by atomic mass is 79.9. The minimum atomic E-state index is 0.361. The molecule has 0 atom stereocenters. The van der Waals surface area contributed by atoms with Gasteiger partial charge in [0.15, 0.2) is 0 Å². The molecule has 0 aliphatic carbocycles.